The van der Waals surface area contributed by atoms with Crippen molar-refractivity contribution in [2.24, 2.45) is 0 Å². The van der Waals surface area contributed by atoms with Crippen LogP contribution in [0.15, 0.2) is 47.8 Å². The number of aryl methyl sites for hydroxylation is 1. The fourth-order valence-electron chi connectivity index (χ4n) is 3.46. The molecule has 0 aromatic carbocycles. The number of fused-ring (bicyclic) bond motifs is 1. The summed E-state index contributed by atoms with van der Waals surface area (Å²) in [5.41, 5.74) is -1.21. The second-order valence-electron chi connectivity index (χ2n) is 8.03. The van der Waals surface area contributed by atoms with Crippen LogP contribution in [0, 0.1) is 18.3 Å². The molecule has 0 aliphatic heterocycles. The number of sulfonamides is 1. The maximum atomic E-state index is 13.4. The van der Waals surface area contributed by atoms with Crippen molar-refractivity contribution >= 4 is 21.1 Å². The Morgan fingerprint density at radius 3 is 2.32 bits per heavy atom. The lowest BCUT2D eigenvalue weighted by atomic mass is 10.1. The van der Waals surface area contributed by atoms with Gasteiger partial charge in [0.05, 0.1) is 22.5 Å². The number of hydrogen-bond acceptors (Lipinski definition) is 7. The van der Waals surface area contributed by atoms with Gasteiger partial charge in [-0.25, -0.2) is 23.4 Å². The first-order chi connectivity index (χ1) is 17.6. The molecule has 4 rings (SSSR count). The molecule has 1 N–H and O–H groups in total. The van der Waals surface area contributed by atoms with Crippen molar-refractivity contribution < 1.29 is 34.8 Å². The third kappa shape index (κ3) is 5.02. The first-order valence-electron chi connectivity index (χ1n) is 10.5. The van der Waals surface area contributed by atoms with Gasteiger partial charge in [0.15, 0.2) is 0 Å². The quantitative estimate of drug-likeness (QED) is 0.364. The molecule has 0 fully saturated rings. The van der Waals surface area contributed by atoms with Crippen LogP contribution in [-0.4, -0.2) is 45.1 Å². The van der Waals surface area contributed by atoms with Gasteiger partial charge in [0, 0.05) is 29.7 Å². The molecule has 0 saturated carbocycles. The van der Waals surface area contributed by atoms with Gasteiger partial charge in [0.25, 0.3) is 0 Å². The molecule has 0 saturated heterocycles. The van der Waals surface area contributed by atoms with Crippen LogP contribution in [-0.2, 0) is 16.2 Å². The van der Waals surface area contributed by atoms with Crippen molar-refractivity contribution in [3.05, 3.63) is 59.7 Å². The summed E-state index contributed by atoms with van der Waals surface area (Å²) in [6.07, 6.45) is -6.88. The maximum absolute atomic E-state index is 13.4. The van der Waals surface area contributed by atoms with Crippen LogP contribution in [0.2, 0.25) is 0 Å². The fourth-order valence-corrected chi connectivity index (χ4v) is 4.63. The first-order valence-corrected chi connectivity index (χ1v) is 12.0. The lowest BCUT2D eigenvalue weighted by molar-refractivity contribution is -0.147. The highest BCUT2D eigenvalue weighted by Gasteiger charge is 2.39. The highest BCUT2D eigenvalue weighted by atomic mass is 32.2. The average Bonchev–Trinajstić information content (AvgIpc) is 3.16. The summed E-state index contributed by atoms with van der Waals surface area (Å²) in [4.78, 5) is 15.6. The summed E-state index contributed by atoms with van der Waals surface area (Å²) < 4.78 is 106. The Kier molecular flexibility index (Phi) is 6.62. The van der Waals surface area contributed by atoms with Gasteiger partial charge in [-0.3, -0.25) is 9.55 Å². The fraction of sp³-hybridized carbons (Fsp3) is 0.227. The molecule has 1 atom stereocenters. The predicted octanol–water partition coefficient (Wildman–Crippen LogP) is 4.31. The van der Waals surface area contributed by atoms with Crippen molar-refractivity contribution in [1.82, 2.24) is 29.2 Å². The third-order valence-electron chi connectivity index (χ3n) is 5.34. The molecule has 0 bridgehead atoms. The number of hydrogen-bond donors (Lipinski definition) is 1. The van der Waals surface area contributed by atoms with E-state index in [-0.39, 0.29) is 33.9 Å². The Balaban J connectivity index is 1.93. The number of nitrogens with zero attached hydrogens (tertiary/aromatic N) is 6. The van der Waals surface area contributed by atoms with Crippen LogP contribution in [0.4, 0.5) is 26.3 Å². The summed E-state index contributed by atoms with van der Waals surface area (Å²) in [5, 5.41) is 9.70. The number of nitrogens with one attached hydrogen (secondary N) is 1. The lowest BCUT2D eigenvalue weighted by Crippen LogP contribution is -2.42. The van der Waals surface area contributed by atoms with E-state index in [1.807, 2.05) is 6.07 Å². The van der Waals surface area contributed by atoms with E-state index in [1.54, 1.807) is 13.0 Å². The van der Waals surface area contributed by atoms with E-state index in [2.05, 4.69) is 19.9 Å². The molecule has 9 nitrogen and oxygen atoms in total. The molecule has 0 aliphatic carbocycles. The zero-order chi connectivity index (χ0) is 28.0. The SMILES string of the molecule is Cc1ccnc(-n2c(-c3ccc(S(=O)(=O)N[C@@H](C)C(F)(F)F)cn3)c(C#N)c3cc(C(F)(F)F)cnc32)n1. The Labute approximate surface area is 210 Å². The summed E-state index contributed by atoms with van der Waals surface area (Å²) in [6.45, 7) is 2.25. The van der Waals surface area contributed by atoms with Crippen LogP contribution in [0.5, 0.6) is 0 Å². The Morgan fingerprint density at radius 2 is 1.76 bits per heavy atom. The van der Waals surface area contributed by atoms with Crippen molar-refractivity contribution in [2.75, 3.05) is 0 Å². The highest BCUT2D eigenvalue weighted by Crippen LogP contribution is 2.37. The topological polar surface area (TPSA) is 126 Å². The largest absolute Gasteiger partial charge is 0.417 e. The molecule has 0 aliphatic rings. The van der Waals surface area contributed by atoms with Crippen LogP contribution in [0.1, 0.15) is 23.7 Å². The molecule has 0 unspecified atom stereocenters. The van der Waals surface area contributed by atoms with Gasteiger partial charge < -0.3 is 0 Å². The standard InChI is InChI=1S/C22H15F6N7O2S/c1-11-5-6-30-20(33-11)35-18(16(8-29)15-7-13(22(26,27)28)9-32-19(15)35)17-4-3-14(10-31-17)38(36,37)34-12(2)21(23,24)25/h3-7,9-10,12,34H,1-2H3/t12-/m0/s1. The van der Waals surface area contributed by atoms with Crippen LogP contribution < -0.4 is 4.72 Å². The van der Waals surface area contributed by atoms with E-state index in [0.717, 1.165) is 24.4 Å². The molecule has 4 aromatic rings. The van der Waals surface area contributed by atoms with Gasteiger partial charge in [0.1, 0.15) is 22.7 Å². The van der Waals surface area contributed by atoms with E-state index < -0.39 is 38.9 Å². The second kappa shape index (κ2) is 9.33. The summed E-state index contributed by atoms with van der Waals surface area (Å²) in [6, 6.07) is 3.78. The lowest BCUT2D eigenvalue weighted by Gasteiger charge is -2.17. The van der Waals surface area contributed by atoms with E-state index in [0.29, 0.717) is 18.8 Å². The molecule has 4 heterocycles. The monoisotopic (exact) mass is 555 g/mol. The van der Waals surface area contributed by atoms with Gasteiger partial charge in [-0.1, -0.05) is 0 Å². The van der Waals surface area contributed by atoms with Crippen LogP contribution in [0.25, 0.3) is 28.4 Å². The number of rotatable bonds is 5. The van der Waals surface area contributed by atoms with Gasteiger partial charge in [-0.05, 0) is 38.1 Å². The molecule has 16 heteroatoms. The molecular formula is C22H15F6N7O2S. The molecule has 0 radical (unpaired) electrons. The van der Waals surface area contributed by atoms with Gasteiger partial charge in [0.2, 0.25) is 16.0 Å². The molecule has 0 spiro atoms. The predicted molar refractivity (Wildman–Crippen MR) is 120 cm³/mol. The third-order valence-corrected chi connectivity index (χ3v) is 6.87. The zero-order valence-corrected chi connectivity index (χ0v) is 20.1. The minimum atomic E-state index is -4.83. The first kappa shape index (κ1) is 26.9. The summed E-state index contributed by atoms with van der Waals surface area (Å²) >= 11 is 0. The molecule has 38 heavy (non-hydrogen) atoms. The van der Waals surface area contributed by atoms with Crippen molar-refractivity contribution in [2.45, 2.75) is 37.1 Å². The number of nitriles is 1. The van der Waals surface area contributed by atoms with E-state index in [4.69, 9.17) is 0 Å². The number of alkyl halides is 6. The highest BCUT2D eigenvalue weighted by molar-refractivity contribution is 7.89. The summed E-state index contributed by atoms with van der Waals surface area (Å²) in [5.74, 6) is -0.0575. The maximum Gasteiger partial charge on any atom is 0.417 e. The van der Waals surface area contributed by atoms with E-state index in [1.165, 1.54) is 15.5 Å². The smallest absolute Gasteiger partial charge is 0.259 e. The second-order valence-corrected chi connectivity index (χ2v) is 9.74. The van der Waals surface area contributed by atoms with E-state index >= 15 is 0 Å². The minimum Gasteiger partial charge on any atom is -0.259 e. The number of aromatic nitrogens is 5. The van der Waals surface area contributed by atoms with Crippen LogP contribution >= 0.6 is 0 Å². The van der Waals surface area contributed by atoms with Gasteiger partial charge in [-0.15, -0.1) is 0 Å². The molecule has 198 valence electrons. The molecular weight excluding hydrogens is 540 g/mol. The van der Waals surface area contributed by atoms with Crippen LogP contribution in [0.3, 0.4) is 0 Å². The molecule has 0 amide bonds. The Morgan fingerprint density at radius 1 is 1.05 bits per heavy atom. The number of pyridine rings is 2. The molecule has 4 aromatic heterocycles. The zero-order valence-electron chi connectivity index (χ0n) is 19.3. The summed E-state index contributed by atoms with van der Waals surface area (Å²) in [7, 11) is -4.64. The Hall–Kier alpha value is -4.10. The Bertz CT molecular complexity index is 1670. The van der Waals surface area contributed by atoms with Crippen molar-refractivity contribution in [1.29, 1.82) is 5.26 Å². The minimum absolute atomic E-state index is 0.0575. The average molecular weight is 555 g/mol. The van der Waals surface area contributed by atoms with Crippen molar-refractivity contribution in [3.8, 4) is 23.4 Å². The van der Waals surface area contributed by atoms with Gasteiger partial charge >= 0.3 is 12.4 Å². The van der Waals surface area contributed by atoms with Gasteiger partial charge in [-0.2, -0.15) is 36.3 Å². The number of halogens is 6. The normalized spacial score (nSPS) is 13.4. The van der Waals surface area contributed by atoms with E-state index in [9.17, 15) is 40.0 Å². The van der Waals surface area contributed by atoms with Crippen molar-refractivity contribution in [3.63, 3.8) is 0 Å².